The summed E-state index contributed by atoms with van der Waals surface area (Å²) >= 11 is 0. The summed E-state index contributed by atoms with van der Waals surface area (Å²) in [5.74, 6) is 0. The molecular weight excluding hydrogens is 234 g/mol. The number of aryl methyl sites for hydroxylation is 1. The van der Waals surface area contributed by atoms with Crippen LogP contribution in [0.1, 0.15) is 69.5 Å². The maximum atomic E-state index is 11.0. The Morgan fingerprint density at radius 3 is 2.11 bits per heavy atom. The highest BCUT2D eigenvalue weighted by atomic mass is 16.3. The third kappa shape index (κ3) is 4.32. The normalized spacial score (nSPS) is 13.5. The van der Waals surface area contributed by atoms with Crippen LogP contribution in [0.25, 0.3) is 0 Å². The first-order valence-electron chi connectivity index (χ1n) is 7.58. The molecule has 0 saturated heterocycles. The summed E-state index contributed by atoms with van der Waals surface area (Å²) in [6.45, 7) is 6.37. The zero-order valence-corrected chi connectivity index (χ0v) is 12.7. The number of rotatable bonds is 8. The third-order valence-corrected chi connectivity index (χ3v) is 4.03. The molecule has 1 rings (SSSR count). The molecule has 0 aromatic heterocycles. The number of aliphatic hydroxyl groups is 1. The van der Waals surface area contributed by atoms with E-state index in [0.29, 0.717) is 0 Å². The minimum absolute atomic E-state index is 0.285. The van der Waals surface area contributed by atoms with Crippen molar-refractivity contribution in [1.82, 2.24) is 0 Å². The van der Waals surface area contributed by atoms with Gasteiger partial charge < -0.3 is 10.8 Å². The lowest BCUT2D eigenvalue weighted by Crippen LogP contribution is -2.41. The summed E-state index contributed by atoms with van der Waals surface area (Å²) in [5, 5.41) is 11.0. The third-order valence-electron chi connectivity index (χ3n) is 4.03. The molecule has 2 heteroatoms. The Bertz CT molecular complexity index is 367. The van der Waals surface area contributed by atoms with E-state index in [0.717, 1.165) is 44.1 Å². The summed E-state index contributed by atoms with van der Waals surface area (Å²) in [6.07, 6.45) is 5.82. The Balaban J connectivity index is 2.92. The van der Waals surface area contributed by atoms with Crippen LogP contribution in [0, 0.1) is 6.92 Å². The van der Waals surface area contributed by atoms with Gasteiger partial charge in [0.05, 0.1) is 11.6 Å². The van der Waals surface area contributed by atoms with E-state index in [1.165, 1.54) is 5.56 Å². The second-order valence-corrected chi connectivity index (χ2v) is 5.64. The van der Waals surface area contributed by atoms with E-state index in [2.05, 4.69) is 26.8 Å². The quantitative estimate of drug-likeness (QED) is 0.741. The molecule has 0 bridgehead atoms. The van der Waals surface area contributed by atoms with E-state index in [1.54, 1.807) is 0 Å². The van der Waals surface area contributed by atoms with Crippen molar-refractivity contribution in [2.45, 2.75) is 70.9 Å². The van der Waals surface area contributed by atoms with Crippen LogP contribution >= 0.6 is 0 Å². The van der Waals surface area contributed by atoms with Crippen LogP contribution in [0.2, 0.25) is 0 Å². The molecular formula is C17H29NO. The number of benzene rings is 1. The lowest BCUT2D eigenvalue weighted by atomic mass is 9.80. The fourth-order valence-electron chi connectivity index (χ4n) is 2.63. The summed E-state index contributed by atoms with van der Waals surface area (Å²) in [5.41, 5.74) is 7.89. The van der Waals surface area contributed by atoms with Crippen LogP contribution in [0.15, 0.2) is 24.3 Å². The average Bonchev–Trinajstić information content (AvgIpc) is 2.42. The molecule has 0 spiro atoms. The molecule has 0 aliphatic heterocycles. The highest BCUT2D eigenvalue weighted by molar-refractivity contribution is 5.30. The van der Waals surface area contributed by atoms with E-state index in [1.807, 2.05) is 18.2 Å². The van der Waals surface area contributed by atoms with Crippen LogP contribution in [0.4, 0.5) is 0 Å². The Morgan fingerprint density at radius 1 is 1.11 bits per heavy atom. The summed E-state index contributed by atoms with van der Waals surface area (Å²) in [6, 6.07) is 7.84. The summed E-state index contributed by atoms with van der Waals surface area (Å²) in [7, 11) is 0. The van der Waals surface area contributed by atoms with Crippen molar-refractivity contribution in [2.75, 3.05) is 0 Å². The van der Waals surface area contributed by atoms with Gasteiger partial charge in [0.15, 0.2) is 0 Å². The van der Waals surface area contributed by atoms with E-state index < -0.39 is 5.60 Å². The summed E-state index contributed by atoms with van der Waals surface area (Å²) < 4.78 is 0. The molecule has 2 nitrogen and oxygen atoms in total. The zero-order valence-electron chi connectivity index (χ0n) is 12.7. The highest BCUT2D eigenvalue weighted by Crippen LogP contribution is 2.34. The standard InChI is InChI=1S/C17H29NO/c1-4-6-12-17(19,13-7-5-2)16(18)15-11-9-8-10-14(15)3/h8-11,16,19H,4-7,12-13,18H2,1-3H3/t16-/m1/s1. The van der Waals surface area contributed by atoms with Crippen LogP contribution in [-0.4, -0.2) is 10.7 Å². The molecule has 1 atom stereocenters. The molecule has 1 aromatic carbocycles. The second kappa shape index (κ2) is 7.66. The van der Waals surface area contributed by atoms with Crippen molar-refractivity contribution in [3.8, 4) is 0 Å². The fraction of sp³-hybridized carbons (Fsp3) is 0.647. The molecule has 1 aromatic rings. The second-order valence-electron chi connectivity index (χ2n) is 5.64. The first kappa shape index (κ1) is 16.2. The van der Waals surface area contributed by atoms with Crippen LogP contribution in [0.5, 0.6) is 0 Å². The number of hydrogen-bond acceptors (Lipinski definition) is 2. The number of unbranched alkanes of at least 4 members (excludes halogenated alkanes) is 2. The maximum absolute atomic E-state index is 11.0. The Kier molecular flexibility index (Phi) is 6.53. The van der Waals surface area contributed by atoms with Crippen molar-refractivity contribution in [1.29, 1.82) is 0 Å². The van der Waals surface area contributed by atoms with Crippen molar-refractivity contribution in [3.63, 3.8) is 0 Å². The van der Waals surface area contributed by atoms with E-state index in [-0.39, 0.29) is 6.04 Å². The minimum atomic E-state index is -0.766. The molecule has 19 heavy (non-hydrogen) atoms. The van der Waals surface area contributed by atoms with Gasteiger partial charge in [0.25, 0.3) is 0 Å². The average molecular weight is 263 g/mol. The van der Waals surface area contributed by atoms with Gasteiger partial charge in [0.1, 0.15) is 0 Å². The first-order valence-corrected chi connectivity index (χ1v) is 7.58. The van der Waals surface area contributed by atoms with Gasteiger partial charge in [-0.25, -0.2) is 0 Å². The van der Waals surface area contributed by atoms with Gasteiger partial charge in [-0.3, -0.25) is 0 Å². The molecule has 0 heterocycles. The van der Waals surface area contributed by atoms with Crippen molar-refractivity contribution in [2.24, 2.45) is 5.73 Å². The van der Waals surface area contributed by atoms with Crippen LogP contribution in [-0.2, 0) is 0 Å². The van der Waals surface area contributed by atoms with Gasteiger partial charge in [0, 0.05) is 0 Å². The smallest absolute Gasteiger partial charge is 0.0839 e. The van der Waals surface area contributed by atoms with Crippen LogP contribution in [0.3, 0.4) is 0 Å². The van der Waals surface area contributed by atoms with Crippen molar-refractivity contribution < 1.29 is 5.11 Å². The zero-order chi connectivity index (χ0) is 14.3. The molecule has 0 radical (unpaired) electrons. The van der Waals surface area contributed by atoms with E-state index in [4.69, 9.17) is 5.73 Å². The SMILES string of the molecule is CCCCC(O)(CCCC)[C@H](N)c1ccccc1C. The topological polar surface area (TPSA) is 46.2 Å². The predicted octanol–water partition coefficient (Wildman–Crippen LogP) is 4.11. The predicted molar refractivity (Wildman–Crippen MR) is 82.1 cm³/mol. The van der Waals surface area contributed by atoms with Gasteiger partial charge >= 0.3 is 0 Å². The Morgan fingerprint density at radius 2 is 1.63 bits per heavy atom. The molecule has 0 aliphatic carbocycles. The van der Waals surface area contributed by atoms with Crippen LogP contribution < -0.4 is 5.73 Å². The molecule has 0 unspecified atom stereocenters. The first-order chi connectivity index (χ1) is 9.05. The Hall–Kier alpha value is -0.860. The molecule has 0 aliphatic rings. The summed E-state index contributed by atoms with van der Waals surface area (Å²) in [4.78, 5) is 0. The fourth-order valence-corrected chi connectivity index (χ4v) is 2.63. The van der Waals surface area contributed by atoms with Gasteiger partial charge in [-0.2, -0.15) is 0 Å². The van der Waals surface area contributed by atoms with Gasteiger partial charge in [-0.1, -0.05) is 63.8 Å². The molecule has 0 fully saturated rings. The molecule has 3 N–H and O–H groups in total. The van der Waals surface area contributed by atoms with Gasteiger partial charge in [-0.15, -0.1) is 0 Å². The molecule has 0 saturated carbocycles. The number of nitrogens with two attached hydrogens (primary N) is 1. The lowest BCUT2D eigenvalue weighted by Gasteiger charge is -2.35. The van der Waals surface area contributed by atoms with Crippen molar-refractivity contribution in [3.05, 3.63) is 35.4 Å². The molecule has 108 valence electrons. The lowest BCUT2D eigenvalue weighted by molar-refractivity contribution is -0.00721. The Labute approximate surface area is 118 Å². The monoisotopic (exact) mass is 263 g/mol. The largest absolute Gasteiger partial charge is 0.388 e. The van der Waals surface area contributed by atoms with E-state index >= 15 is 0 Å². The van der Waals surface area contributed by atoms with Crippen molar-refractivity contribution >= 4 is 0 Å². The van der Waals surface area contributed by atoms with Gasteiger partial charge in [-0.05, 0) is 30.9 Å². The minimum Gasteiger partial charge on any atom is -0.388 e. The van der Waals surface area contributed by atoms with Gasteiger partial charge in [0.2, 0.25) is 0 Å². The molecule has 0 amide bonds. The highest BCUT2D eigenvalue weighted by Gasteiger charge is 2.34. The number of hydrogen-bond donors (Lipinski definition) is 2. The van der Waals surface area contributed by atoms with E-state index in [9.17, 15) is 5.11 Å². The maximum Gasteiger partial charge on any atom is 0.0839 e.